The van der Waals surface area contributed by atoms with Crippen molar-refractivity contribution in [1.82, 2.24) is 10.3 Å². The lowest BCUT2D eigenvalue weighted by atomic mass is 10.1. The zero-order valence-corrected chi connectivity index (χ0v) is 10.1. The number of hydrogen-bond donors (Lipinski definition) is 2. The Bertz CT molecular complexity index is 605. The van der Waals surface area contributed by atoms with Gasteiger partial charge in [0, 0.05) is 24.5 Å². The molecule has 2 rings (SSSR count). The number of amides is 1. The zero-order chi connectivity index (χ0) is 14.8. The molecule has 1 heterocycles. The highest BCUT2D eigenvalue weighted by atomic mass is 19.4. The van der Waals surface area contributed by atoms with Crippen LogP contribution in [0.5, 0.6) is 0 Å². The molecular weight excluding hydrogens is 276 g/mol. The number of rotatable bonds is 3. The number of nitrogens with one attached hydrogen (secondary N) is 2. The van der Waals surface area contributed by atoms with Crippen molar-refractivity contribution in [2.24, 2.45) is 0 Å². The van der Waals surface area contributed by atoms with Gasteiger partial charge in [-0.15, -0.1) is 0 Å². The number of aromatic amines is 1. The van der Waals surface area contributed by atoms with Gasteiger partial charge in [-0.3, -0.25) is 4.79 Å². The van der Waals surface area contributed by atoms with Gasteiger partial charge in [0.2, 0.25) is 0 Å². The molecule has 7 heteroatoms. The lowest BCUT2D eigenvalue weighted by Crippen LogP contribution is -2.23. The van der Waals surface area contributed by atoms with Crippen molar-refractivity contribution in [3.05, 3.63) is 59.2 Å². The van der Waals surface area contributed by atoms with Gasteiger partial charge in [0.15, 0.2) is 0 Å². The van der Waals surface area contributed by atoms with E-state index in [-0.39, 0.29) is 12.1 Å². The van der Waals surface area contributed by atoms with Crippen LogP contribution in [-0.4, -0.2) is 10.9 Å². The van der Waals surface area contributed by atoms with Crippen molar-refractivity contribution < 1.29 is 22.4 Å². The lowest BCUT2D eigenvalue weighted by Gasteiger charge is -2.10. The van der Waals surface area contributed by atoms with E-state index in [1.54, 1.807) is 18.5 Å². The second-order valence-electron chi connectivity index (χ2n) is 4.09. The first kappa shape index (κ1) is 14.1. The number of H-pyrrole nitrogens is 1. The third-order valence-electron chi connectivity index (χ3n) is 2.65. The number of benzene rings is 1. The molecule has 0 saturated heterocycles. The van der Waals surface area contributed by atoms with Crippen LogP contribution in [0.2, 0.25) is 0 Å². The van der Waals surface area contributed by atoms with Gasteiger partial charge >= 0.3 is 6.18 Å². The molecule has 0 aliphatic heterocycles. The highest BCUT2D eigenvalue weighted by Gasteiger charge is 2.34. The molecule has 1 aromatic heterocycles. The van der Waals surface area contributed by atoms with Crippen LogP contribution in [0.1, 0.15) is 21.5 Å². The SMILES string of the molecule is O=C(NCc1cc[nH]c1)c1ccc(F)c(C(F)(F)F)c1. The molecule has 1 aromatic carbocycles. The first-order valence-corrected chi connectivity index (χ1v) is 5.64. The molecular formula is C13H10F4N2O. The summed E-state index contributed by atoms with van der Waals surface area (Å²) in [4.78, 5) is 14.5. The first-order valence-electron chi connectivity index (χ1n) is 5.64. The monoisotopic (exact) mass is 286 g/mol. The molecule has 0 bridgehead atoms. The number of carbonyl (C=O) groups is 1. The lowest BCUT2D eigenvalue weighted by molar-refractivity contribution is -0.140. The molecule has 2 aromatic rings. The fraction of sp³-hybridized carbons (Fsp3) is 0.154. The van der Waals surface area contributed by atoms with E-state index in [1.807, 2.05) is 0 Å². The fourth-order valence-corrected chi connectivity index (χ4v) is 1.64. The second kappa shape index (κ2) is 5.36. The van der Waals surface area contributed by atoms with E-state index >= 15 is 0 Å². The molecule has 1 amide bonds. The summed E-state index contributed by atoms with van der Waals surface area (Å²) in [6, 6.07) is 3.86. The Labute approximate surface area is 111 Å². The molecule has 2 N–H and O–H groups in total. The van der Waals surface area contributed by atoms with Crippen LogP contribution < -0.4 is 5.32 Å². The molecule has 106 valence electrons. The predicted molar refractivity (Wildman–Crippen MR) is 63.4 cm³/mol. The van der Waals surface area contributed by atoms with Gasteiger partial charge in [0.25, 0.3) is 5.91 Å². The van der Waals surface area contributed by atoms with E-state index in [4.69, 9.17) is 0 Å². The van der Waals surface area contributed by atoms with Gasteiger partial charge in [0.05, 0.1) is 5.56 Å². The number of halogens is 4. The number of alkyl halides is 3. The summed E-state index contributed by atoms with van der Waals surface area (Å²) in [6.07, 6.45) is -1.53. The highest BCUT2D eigenvalue weighted by molar-refractivity contribution is 5.94. The van der Waals surface area contributed by atoms with Crippen LogP contribution in [0.15, 0.2) is 36.7 Å². The molecule has 0 aliphatic rings. The molecule has 3 nitrogen and oxygen atoms in total. The first-order chi connectivity index (χ1) is 9.38. The Kier molecular flexibility index (Phi) is 3.78. The van der Waals surface area contributed by atoms with Crippen LogP contribution >= 0.6 is 0 Å². The molecule has 0 spiro atoms. The Morgan fingerprint density at radius 2 is 2.00 bits per heavy atom. The summed E-state index contributed by atoms with van der Waals surface area (Å²) in [5.41, 5.74) is -0.919. The van der Waals surface area contributed by atoms with Gasteiger partial charge in [-0.2, -0.15) is 13.2 Å². The maximum Gasteiger partial charge on any atom is 0.419 e. The van der Waals surface area contributed by atoms with E-state index in [1.165, 1.54) is 0 Å². The molecule has 0 fully saturated rings. The molecule has 20 heavy (non-hydrogen) atoms. The summed E-state index contributed by atoms with van der Waals surface area (Å²) in [5.74, 6) is -2.10. The van der Waals surface area contributed by atoms with E-state index in [0.717, 1.165) is 11.6 Å². The van der Waals surface area contributed by atoms with Gasteiger partial charge in [-0.05, 0) is 29.8 Å². The van der Waals surface area contributed by atoms with E-state index in [9.17, 15) is 22.4 Å². The quantitative estimate of drug-likeness (QED) is 0.837. The minimum absolute atomic E-state index is 0.168. The smallest absolute Gasteiger partial charge is 0.367 e. The Hall–Kier alpha value is -2.31. The van der Waals surface area contributed by atoms with E-state index in [2.05, 4.69) is 10.3 Å². The van der Waals surface area contributed by atoms with Crippen molar-refractivity contribution in [2.45, 2.75) is 12.7 Å². The van der Waals surface area contributed by atoms with Crippen LogP contribution in [0.25, 0.3) is 0 Å². The van der Waals surface area contributed by atoms with E-state index < -0.39 is 23.5 Å². The van der Waals surface area contributed by atoms with Crippen LogP contribution in [0.3, 0.4) is 0 Å². The number of hydrogen-bond acceptors (Lipinski definition) is 1. The predicted octanol–water partition coefficient (Wildman–Crippen LogP) is 3.10. The van der Waals surface area contributed by atoms with Crippen LogP contribution in [-0.2, 0) is 12.7 Å². The van der Waals surface area contributed by atoms with Gasteiger partial charge in [-0.1, -0.05) is 0 Å². The summed E-state index contributed by atoms with van der Waals surface area (Å²) < 4.78 is 50.7. The second-order valence-corrected chi connectivity index (χ2v) is 4.09. The van der Waals surface area contributed by atoms with Crippen LogP contribution in [0, 0.1) is 5.82 Å². The van der Waals surface area contributed by atoms with Crippen molar-refractivity contribution >= 4 is 5.91 Å². The van der Waals surface area contributed by atoms with Crippen LogP contribution in [0.4, 0.5) is 17.6 Å². The zero-order valence-electron chi connectivity index (χ0n) is 10.1. The summed E-state index contributed by atoms with van der Waals surface area (Å²) in [6.45, 7) is 0.168. The summed E-state index contributed by atoms with van der Waals surface area (Å²) in [7, 11) is 0. The van der Waals surface area contributed by atoms with Gasteiger partial charge in [-0.25, -0.2) is 4.39 Å². The Morgan fingerprint density at radius 3 is 2.60 bits per heavy atom. The molecule has 0 radical (unpaired) electrons. The fourth-order valence-electron chi connectivity index (χ4n) is 1.64. The maximum absolute atomic E-state index is 13.1. The Balaban J connectivity index is 2.14. The number of carbonyl (C=O) groups excluding carboxylic acids is 1. The third-order valence-corrected chi connectivity index (χ3v) is 2.65. The topological polar surface area (TPSA) is 44.9 Å². The third kappa shape index (κ3) is 3.17. The molecule has 0 aliphatic carbocycles. The molecule has 0 unspecified atom stereocenters. The average molecular weight is 286 g/mol. The van der Waals surface area contributed by atoms with Crippen molar-refractivity contribution in [3.63, 3.8) is 0 Å². The van der Waals surface area contributed by atoms with Gasteiger partial charge < -0.3 is 10.3 Å². The molecule has 0 atom stereocenters. The van der Waals surface area contributed by atoms with Crippen molar-refractivity contribution in [2.75, 3.05) is 0 Å². The van der Waals surface area contributed by atoms with E-state index in [0.29, 0.717) is 12.1 Å². The summed E-state index contributed by atoms with van der Waals surface area (Å²) in [5, 5.41) is 2.45. The largest absolute Gasteiger partial charge is 0.419 e. The van der Waals surface area contributed by atoms with Gasteiger partial charge in [0.1, 0.15) is 5.82 Å². The minimum atomic E-state index is -4.83. The standard InChI is InChI=1S/C13H10F4N2O/c14-11-2-1-9(5-10(11)13(15,16)17)12(20)19-7-8-3-4-18-6-8/h1-6,18H,7H2,(H,19,20). The average Bonchev–Trinajstić information content (AvgIpc) is 2.88. The van der Waals surface area contributed by atoms with Crippen molar-refractivity contribution in [3.8, 4) is 0 Å². The highest BCUT2D eigenvalue weighted by Crippen LogP contribution is 2.31. The van der Waals surface area contributed by atoms with Crippen molar-refractivity contribution in [1.29, 1.82) is 0 Å². The minimum Gasteiger partial charge on any atom is -0.367 e. The summed E-state index contributed by atoms with van der Waals surface area (Å²) >= 11 is 0. The molecule has 0 saturated carbocycles. The number of aromatic nitrogens is 1. The Morgan fingerprint density at radius 1 is 1.25 bits per heavy atom. The normalized spacial score (nSPS) is 11.4. The maximum atomic E-state index is 13.1.